The van der Waals surface area contributed by atoms with Gasteiger partial charge in [-0.3, -0.25) is 4.79 Å². The number of carbonyl (C=O) groups is 1. The van der Waals surface area contributed by atoms with Crippen LogP contribution in [0.5, 0.6) is 0 Å². The molecule has 0 aliphatic heterocycles. The lowest BCUT2D eigenvalue weighted by Crippen LogP contribution is -2.21. The Bertz CT molecular complexity index is 531. The molecule has 1 aromatic heterocycles. The van der Waals surface area contributed by atoms with E-state index in [1.807, 2.05) is 38.2 Å². The molecule has 0 bridgehead atoms. The third-order valence-electron chi connectivity index (χ3n) is 2.73. The van der Waals surface area contributed by atoms with Crippen LogP contribution >= 0.6 is 11.5 Å². The van der Waals surface area contributed by atoms with Gasteiger partial charge in [-0.15, -0.1) is 0 Å². The molecule has 0 fully saturated rings. The summed E-state index contributed by atoms with van der Waals surface area (Å²) in [6, 6.07) is 6.02. The lowest BCUT2D eigenvalue weighted by molar-refractivity contribution is -0.138. The maximum Gasteiger partial charge on any atom is 0.304 e. The fourth-order valence-corrected chi connectivity index (χ4v) is 2.40. The first-order chi connectivity index (χ1) is 7.49. The van der Waals surface area contributed by atoms with Crippen molar-refractivity contribution in [1.29, 1.82) is 0 Å². The van der Waals surface area contributed by atoms with Crippen LogP contribution in [0.3, 0.4) is 0 Å². The molecule has 0 saturated heterocycles. The van der Waals surface area contributed by atoms with Crippen LogP contribution in [0, 0.1) is 0 Å². The number of rotatable bonds is 3. The number of fused-ring (bicyclic) bond motifs is 1. The molecule has 0 unspecified atom stereocenters. The molecule has 0 aliphatic carbocycles. The highest BCUT2D eigenvalue weighted by molar-refractivity contribution is 7.13. The summed E-state index contributed by atoms with van der Waals surface area (Å²) >= 11 is 1.45. The molecular formula is C12H13NO2S. The number of carboxylic acids is 1. The van der Waals surface area contributed by atoms with Crippen molar-refractivity contribution in [2.24, 2.45) is 0 Å². The number of nitrogens with zero attached hydrogens (tertiary/aromatic N) is 1. The fourth-order valence-electron chi connectivity index (χ4n) is 1.77. The molecule has 84 valence electrons. The lowest BCUT2D eigenvalue weighted by atomic mass is 9.81. The Labute approximate surface area is 97.9 Å². The van der Waals surface area contributed by atoms with E-state index in [-0.39, 0.29) is 11.8 Å². The Kier molecular flexibility index (Phi) is 2.68. The summed E-state index contributed by atoms with van der Waals surface area (Å²) in [7, 11) is 0. The fraction of sp³-hybridized carbons (Fsp3) is 0.333. The number of carboxylic acid groups (broad SMARTS) is 1. The van der Waals surface area contributed by atoms with Gasteiger partial charge in [-0.2, -0.15) is 4.37 Å². The molecule has 0 radical (unpaired) electrons. The monoisotopic (exact) mass is 235 g/mol. The highest BCUT2D eigenvalue weighted by Crippen LogP contribution is 2.30. The summed E-state index contributed by atoms with van der Waals surface area (Å²) in [5, 5.41) is 9.96. The first kappa shape index (κ1) is 11.1. The summed E-state index contributed by atoms with van der Waals surface area (Å²) < 4.78 is 5.24. The maximum atomic E-state index is 10.8. The Morgan fingerprint density at radius 3 is 2.94 bits per heavy atom. The second-order valence-corrected chi connectivity index (χ2v) is 5.37. The number of aromatic nitrogens is 1. The molecule has 4 heteroatoms. The Balaban J connectivity index is 2.41. The molecule has 2 aromatic rings. The summed E-state index contributed by atoms with van der Waals surface area (Å²) in [5.41, 5.74) is 0.699. The third kappa shape index (κ3) is 2.07. The molecule has 0 atom stereocenters. The van der Waals surface area contributed by atoms with Gasteiger partial charge < -0.3 is 5.11 Å². The van der Waals surface area contributed by atoms with E-state index < -0.39 is 5.97 Å². The normalized spacial score (nSPS) is 11.9. The largest absolute Gasteiger partial charge is 0.481 e. The van der Waals surface area contributed by atoms with Crippen LogP contribution in [-0.2, 0) is 10.2 Å². The van der Waals surface area contributed by atoms with Crippen LogP contribution in [0.25, 0.3) is 10.1 Å². The van der Waals surface area contributed by atoms with Gasteiger partial charge in [0.15, 0.2) is 0 Å². The average Bonchev–Trinajstić information content (AvgIpc) is 2.61. The van der Waals surface area contributed by atoms with Gasteiger partial charge in [0.05, 0.1) is 11.1 Å². The zero-order chi connectivity index (χ0) is 11.8. The van der Waals surface area contributed by atoms with Gasteiger partial charge in [-0.1, -0.05) is 19.9 Å². The van der Waals surface area contributed by atoms with Gasteiger partial charge in [0.2, 0.25) is 0 Å². The highest BCUT2D eigenvalue weighted by Gasteiger charge is 2.24. The Morgan fingerprint density at radius 1 is 1.50 bits per heavy atom. The molecule has 1 aromatic carbocycles. The van der Waals surface area contributed by atoms with E-state index >= 15 is 0 Å². The van der Waals surface area contributed by atoms with Crippen molar-refractivity contribution in [2.75, 3.05) is 0 Å². The summed E-state index contributed by atoms with van der Waals surface area (Å²) in [5.74, 6) is -0.770. The van der Waals surface area contributed by atoms with Crippen LogP contribution < -0.4 is 0 Å². The molecule has 1 N–H and O–H groups in total. The molecule has 0 saturated carbocycles. The van der Waals surface area contributed by atoms with E-state index in [0.29, 0.717) is 0 Å². The standard InChI is InChI=1S/C12H13NO2S/c1-12(2,6-11(14)15)9-3-4-10-8(5-9)7-13-16-10/h3-5,7H,6H2,1-2H3,(H,14,15). The molecule has 16 heavy (non-hydrogen) atoms. The van der Waals surface area contributed by atoms with E-state index in [9.17, 15) is 4.79 Å². The van der Waals surface area contributed by atoms with Gasteiger partial charge >= 0.3 is 5.97 Å². The number of hydrogen-bond donors (Lipinski definition) is 1. The molecule has 0 spiro atoms. The average molecular weight is 235 g/mol. The molecule has 0 amide bonds. The SMILES string of the molecule is CC(C)(CC(=O)O)c1ccc2sncc2c1. The quantitative estimate of drug-likeness (QED) is 0.889. The Morgan fingerprint density at radius 2 is 2.25 bits per heavy atom. The van der Waals surface area contributed by atoms with E-state index in [1.165, 1.54) is 11.5 Å². The van der Waals surface area contributed by atoms with Gasteiger partial charge in [0.25, 0.3) is 0 Å². The van der Waals surface area contributed by atoms with Crippen molar-refractivity contribution in [1.82, 2.24) is 4.37 Å². The van der Waals surface area contributed by atoms with Crippen molar-refractivity contribution in [3.05, 3.63) is 30.0 Å². The molecule has 2 rings (SSSR count). The first-order valence-electron chi connectivity index (χ1n) is 5.06. The minimum atomic E-state index is -0.770. The third-order valence-corrected chi connectivity index (χ3v) is 3.51. The van der Waals surface area contributed by atoms with E-state index in [1.54, 1.807) is 0 Å². The zero-order valence-electron chi connectivity index (χ0n) is 9.23. The predicted molar refractivity (Wildman–Crippen MR) is 64.9 cm³/mol. The van der Waals surface area contributed by atoms with Gasteiger partial charge in [-0.05, 0) is 29.2 Å². The number of benzene rings is 1. The van der Waals surface area contributed by atoms with Crippen LogP contribution in [0.15, 0.2) is 24.4 Å². The van der Waals surface area contributed by atoms with Gasteiger partial charge in [0, 0.05) is 17.0 Å². The lowest BCUT2D eigenvalue weighted by Gasteiger charge is -2.23. The second kappa shape index (κ2) is 3.87. The minimum Gasteiger partial charge on any atom is -0.481 e. The zero-order valence-corrected chi connectivity index (χ0v) is 10.0. The van der Waals surface area contributed by atoms with E-state index in [2.05, 4.69) is 4.37 Å². The second-order valence-electron chi connectivity index (χ2n) is 4.53. The topological polar surface area (TPSA) is 50.2 Å². The van der Waals surface area contributed by atoms with E-state index in [4.69, 9.17) is 5.11 Å². The summed E-state index contributed by atoms with van der Waals surface area (Å²) in [4.78, 5) is 10.8. The van der Waals surface area contributed by atoms with Gasteiger partial charge in [0.1, 0.15) is 0 Å². The van der Waals surface area contributed by atoms with Crippen molar-refractivity contribution in [2.45, 2.75) is 25.7 Å². The summed E-state index contributed by atoms with van der Waals surface area (Å²) in [6.07, 6.45) is 1.95. The van der Waals surface area contributed by atoms with Crippen LogP contribution in [0.1, 0.15) is 25.8 Å². The van der Waals surface area contributed by atoms with Crippen molar-refractivity contribution < 1.29 is 9.90 Å². The van der Waals surface area contributed by atoms with Crippen molar-refractivity contribution in [3.8, 4) is 0 Å². The Hall–Kier alpha value is -1.42. The molecule has 3 nitrogen and oxygen atoms in total. The number of aliphatic carboxylic acids is 1. The van der Waals surface area contributed by atoms with Gasteiger partial charge in [-0.25, -0.2) is 0 Å². The smallest absolute Gasteiger partial charge is 0.304 e. The first-order valence-corrected chi connectivity index (χ1v) is 5.83. The minimum absolute atomic E-state index is 0.135. The number of hydrogen-bond acceptors (Lipinski definition) is 3. The van der Waals surface area contributed by atoms with Crippen LogP contribution in [0.2, 0.25) is 0 Å². The highest BCUT2D eigenvalue weighted by atomic mass is 32.1. The van der Waals surface area contributed by atoms with E-state index in [0.717, 1.165) is 15.6 Å². The molecule has 0 aliphatic rings. The van der Waals surface area contributed by atoms with Crippen molar-refractivity contribution in [3.63, 3.8) is 0 Å². The maximum absolute atomic E-state index is 10.8. The molecule has 1 heterocycles. The molecular weight excluding hydrogens is 222 g/mol. The van der Waals surface area contributed by atoms with Crippen LogP contribution in [-0.4, -0.2) is 15.4 Å². The summed E-state index contributed by atoms with van der Waals surface area (Å²) in [6.45, 7) is 3.89. The van der Waals surface area contributed by atoms with Crippen LogP contribution in [0.4, 0.5) is 0 Å². The predicted octanol–water partition coefficient (Wildman–Crippen LogP) is 3.05. The van der Waals surface area contributed by atoms with Crippen molar-refractivity contribution >= 4 is 27.6 Å².